The molecule has 5 heteroatoms. The number of carbonyl (C=O) groups excluding carboxylic acids is 1. The standard InChI is InChI=1S/C16H20N2O3/c1-3-16(4-2,15(20)21)10-18-14(19)12-5-6-13-11(9-12)7-8-17-13/h5-9,17H,3-4,10H2,1-2H3,(H,18,19)(H,20,21). The van der Waals surface area contributed by atoms with Crippen molar-refractivity contribution in [2.75, 3.05) is 6.54 Å². The van der Waals surface area contributed by atoms with E-state index in [1.165, 1.54) is 0 Å². The Morgan fingerprint density at radius 1 is 1.24 bits per heavy atom. The van der Waals surface area contributed by atoms with Gasteiger partial charge in [-0.25, -0.2) is 0 Å². The van der Waals surface area contributed by atoms with E-state index in [0.717, 1.165) is 10.9 Å². The molecule has 112 valence electrons. The van der Waals surface area contributed by atoms with Crippen molar-refractivity contribution in [2.24, 2.45) is 5.41 Å². The minimum absolute atomic E-state index is 0.138. The average molecular weight is 288 g/mol. The average Bonchev–Trinajstić information content (AvgIpc) is 2.95. The molecule has 3 N–H and O–H groups in total. The van der Waals surface area contributed by atoms with Gasteiger partial charge in [0.2, 0.25) is 0 Å². The van der Waals surface area contributed by atoms with Gasteiger partial charge in [-0.1, -0.05) is 13.8 Å². The quantitative estimate of drug-likeness (QED) is 0.764. The van der Waals surface area contributed by atoms with E-state index in [1.807, 2.05) is 32.2 Å². The molecule has 2 aromatic rings. The molecule has 1 amide bonds. The second-order valence-electron chi connectivity index (χ2n) is 5.25. The third-order valence-corrected chi connectivity index (χ3v) is 4.21. The van der Waals surface area contributed by atoms with Crippen LogP contribution in [0.2, 0.25) is 0 Å². The van der Waals surface area contributed by atoms with Crippen LogP contribution in [0.5, 0.6) is 0 Å². The van der Waals surface area contributed by atoms with E-state index in [9.17, 15) is 14.7 Å². The summed E-state index contributed by atoms with van der Waals surface area (Å²) in [6.07, 6.45) is 2.78. The van der Waals surface area contributed by atoms with Gasteiger partial charge in [-0.3, -0.25) is 9.59 Å². The normalized spacial score (nSPS) is 11.5. The number of hydrogen-bond donors (Lipinski definition) is 3. The van der Waals surface area contributed by atoms with Gasteiger partial charge in [0.25, 0.3) is 5.91 Å². The SMILES string of the molecule is CCC(CC)(CNC(=O)c1ccc2[nH]ccc2c1)C(=O)O. The van der Waals surface area contributed by atoms with Crippen molar-refractivity contribution in [3.63, 3.8) is 0 Å². The van der Waals surface area contributed by atoms with Gasteiger partial charge in [-0.15, -0.1) is 0 Å². The summed E-state index contributed by atoms with van der Waals surface area (Å²) in [6, 6.07) is 7.26. The highest BCUT2D eigenvalue weighted by Gasteiger charge is 2.35. The maximum Gasteiger partial charge on any atom is 0.311 e. The zero-order chi connectivity index (χ0) is 15.5. The Hall–Kier alpha value is -2.30. The Morgan fingerprint density at radius 2 is 1.95 bits per heavy atom. The largest absolute Gasteiger partial charge is 0.481 e. The number of aromatic amines is 1. The Labute approximate surface area is 123 Å². The molecule has 0 aliphatic heterocycles. The van der Waals surface area contributed by atoms with E-state index in [-0.39, 0.29) is 12.5 Å². The van der Waals surface area contributed by atoms with Gasteiger partial charge in [0.05, 0.1) is 5.41 Å². The van der Waals surface area contributed by atoms with Crippen LogP contribution in [-0.2, 0) is 4.79 Å². The lowest BCUT2D eigenvalue weighted by atomic mass is 9.82. The number of benzene rings is 1. The number of carboxylic acids is 1. The fraction of sp³-hybridized carbons (Fsp3) is 0.375. The molecule has 21 heavy (non-hydrogen) atoms. The molecule has 0 unspecified atom stereocenters. The van der Waals surface area contributed by atoms with E-state index in [4.69, 9.17) is 0 Å². The number of carbonyl (C=O) groups is 2. The van der Waals surface area contributed by atoms with Gasteiger partial charge in [-0.05, 0) is 37.1 Å². The van der Waals surface area contributed by atoms with Crippen molar-refractivity contribution in [3.8, 4) is 0 Å². The smallest absolute Gasteiger partial charge is 0.311 e. The lowest BCUT2D eigenvalue weighted by molar-refractivity contribution is -0.149. The lowest BCUT2D eigenvalue weighted by Crippen LogP contribution is -2.42. The Bertz CT molecular complexity index is 656. The number of aromatic nitrogens is 1. The molecule has 0 saturated carbocycles. The van der Waals surface area contributed by atoms with Crippen LogP contribution in [0.4, 0.5) is 0 Å². The van der Waals surface area contributed by atoms with Crippen LogP contribution in [-0.4, -0.2) is 28.5 Å². The third kappa shape index (κ3) is 2.91. The molecule has 1 aromatic heterocycles. The van der Waals surface area contributed by atoms with Crippen molar-refractivity contribution < 1.29 is 14.7 Å². The van der Waals surface area contributed by atoms with Crippen LogP contribution in [0.25, 0.3) is 10.9 Å². The summed E-state index contributed by atoms with van der Waals surface area (Å²) >= 11 is 0. The molecule has 0 radical (unpaired) electrons. The molecule has 1 heterocycles. The monoisotopic (exact) mass is 288 g/mol. The minimum atomic E-state index is -0.895. The van der Waals surface area contributed by atoms with Crippen LogP contribution >= 0.6 is 0 Å². The van der Waals surface area contributed by atoms with Gasteiger partial charge in [-0.2, -0.15) is 0 Å². The molecule has 0 aliphatic carbocycles. The Kier molecular flexibility index (Phi) is 4.31. The summed E-state index contributed by atoms with van der Waals surface area (Å²) in [5, 5.41) is 13.1. The molecule has 0 fully saturated rings. The first kappa shape index (κ1) is 15.1. The zero-order valence-electron chi connectivity index (χ0n) is 12.3. The molecule has 0 aliphatic rings. The number of hydrogen-bond acceptors (Lipinski definition) is 2. The van der Waals surface area contributed by atoms with E-state index >= 15 is 0 Å². The molecule has 0 saturated heterocycles. The fourth-order valence-electron chi connectivity index (χ4n) is 2.42. The summed E-state index contributed by atoms with van der Waals surface area (Å²) in [4.78, 5) is 26.7. The van der Waals surface area contributed by atoms with Gasteiger partial charge >= 0.3 is 5.97 Å². The summed E-state index contributed by atoms with van der Waals surface area (Å²) in [7, 11) is 0. The highest BCUT2D eigenvalue weighted by Crippen LogP contribution is 2.26. The predicted octanol–water partition coefficient (Wildman–Crippen LogP) is 2.79. The first-order valence-corrected chi connectivity index (χ1v) is 7.11. The predicted molar refractivity (Wildman–Crippen MR) is 81.3 cm³/mol. The lowest BCUT2D eigenvalue weighted by Gasteiger charge is -2.26. The van der Waals surface area contributed by atoms with Crippen LogP contribution in [0.3, 0.4) is 0 Å². The van der Waals surface area contributed by atoms with Crippen LogP contribution in [0, 0.1) is 5.41 Å². The van der Waals surface area contributed by atoms with Gasteiger partial charge in [0.1, 0.15) is 0 Å². The van der Waals surface area contributed by atoms with Gasteiger partial charge in [0, 0.05) is 29.2 Å². The Balaban J connectivity index is 2.12. The van der Waals surface area contributed by atoms with E-state index in [1.54, 1.807) is 12.1 Å². The molecular formula is C16H20N2O3. The number of amides is 1. The minimum Gasteiger partial charge on any atom is -0.481 e. The van der Waals surface area contributed by atoms with Gasteiger partial charge < -0.3 is 15.4 Å². The molecule has 5 nitrogen and oxygen atoms in total. The highest BCUT2D eigenvalue weighted by molar-refractivity contribution is 5.98. The molecule has 0 atom stereocenters. The van der Waals surface area contributed by atoms with E-state index in [0.29, 0.717) is 18.4 Å². The van der Waals surface area contributed by atoms with Crippen LogP contribution in [0.15, 0.2) is 30.5 Å². The number of aliphatic carboxylic acids is 1. The summed E-state index contributed by atoms with van der Waals surface area (Å²) < 4.78 is 0. The second kappa shape index (κ2) is 5.99. The summed E-state index contributed by atoms with van der Waals surface area (Å²) in [5.41, 5.74) is 0.607. The fourth-order valence-corrected chi connectivity index (χ4v) is 2.42. The number of rotatable bonds is 6. The topological polar surface area (TPSA) is 82.2 Å². The first-order valence-electron chi connectivity index (χ1n) is 7.11. The maximum atomic E-state index is 12.2. The number of H-pyrrole nitrogens is 1. The van der Waals surface area contributed by atoms with Crippen molar-refractivity contribution in [1.82, 2.24) is 10.3 Å². The van der Waals surface area contributed by atoms with Crippen LogP contribution in [0.1, 0.15) is 37.0 Å². The van der Waals surface area contributed by atoms with Crippen molar-refractivity contribution >= 4 is 22.8 Å². The number of carboxylic acid groups (broad SMARTS) is 1. The van der Waals surface area contributed by atoms with Crippen molar-refractivity contribution in [1.29, 1.82) is 0 Å². The Morgan fingerprint density at radius 3 is 2.57 bits per heavy atom. The molecule has 1 aromatic carbocycles. The second-order valence-corrected chi connectivity index (χ2v) is 5.25. The molecule has 0 bridgehead atoms. The molecule has 0 spiro atoms. The third-order valence-electron chi connectivity index (χ3n) is 4.21. The molecular weight excluding hydrogens is 268 g/mol. The maximum absolute atomic E-state index is 12.2. The van der Waals surface area contributed by atoms with Gasteiger partial charge in [0.15, 0.2) is 0 Å². The first-order chi connectivity index (χ1) is 10.0. The summed E-state index contributed by atoms with van der Waals surface area (Å²) in [5.74, 6) is -1.11. The van der Waals surface area contributed by atoms with Crippen molar-refractivity contribution in [2.45, 2.75) is 26.7 Å². The number of nitrogens with one attached hydrogen (secondary N) is 2. The number of fused-ring (bicyclic) bond motifs is 1. The summed E-state index contributed by atoms with van der Waals surface area (Å²) in [6.45, 7) is 3.80. The molecule has 2 rings (SSSR count). The highest BCUT2D eigenvalue weighted by atomic mass is 16.4. The van der Waals surface area contributed by atoms with E-state index in [2.05, 4.69) is 10.3 Å². The van der Waals surface area contributed by atoms with Crippen LogP contribution < -0.4 is 5.32 Å². The van der Waals surface area contributed by atoms with Crippen molar-refractivity contribution in [3.05, 3.63) is 36.0 Å². The van der Waals surface area contributed by atoms with E-state index < -0.39 is 11.4 Å². The zero-order valence-corrected chi connectivity index (χ0v) is 12.3.